The number of aromatic nitrogens is 1. The molecule has 1 rings (SSSR count). The number of nitrogens with zero attached hydrogens (tertiary/aromatic N) is 1. The highest BCUT2D eigenvalue weighted by Crippen LogP contribution is 2.16. The average Bonchev–Trinajstić information content (AvgIpc) is 2.44. The molecule has 0 aliphatic rings. The Labute approximate surface area is 121 Å². The van der Waals surface area contributed by atoms with Gasteiger partial charge in [0.25, 0.3) is 0 Å². The third kappa shape index (κ3) is 5.19. The van der Waals surface area contributed by atoms with E-state index in [-0.39, 0.29) is 0 Å². The van der Waals surface area contributed by atoms with Crippen LogP contribution in [0, 0.1) is 0 Å². The fourth-order valence-electron chi connectivity index (χ4n) is 2.26. The number of rotatable bonds is 9. The Morgan fingerprint density at radius 2 is 2.00 bits per heavy atom. The minimum Gasteiger partial charge on any atom is -0.478 e. The van der Waals surface area contributed by atoms with E-state index in [0.29, 0.717) is 17.4 Å². The summed E-state index contributed by atoms with van der Waals surface area (Å²) in [5.74, 6) is -0.206. The fourth-order valence-corrected chi connectivity index (χ4v) is 2.26. The van der Waals surface area contributed by atoms with Crippen LogP contribution in [-0.4, -0.2) is 22.1 Å². The highest BCUT2D eigenvalue weighted by molar-refractivity contribution is 5.88. The van der Waals surface area contributed by atoms with Crippen LogP contribution in [0.4, 0.5) is 5.82 Å². The molecule has 4 heteroatoms. The van der Waals surface area contributed by atoms with Gasteiger partial charge in [-0.15, -0.1) is 0 Å². The van der Waals surface area contributed by atoms with Crippen LogP contribution in [0.25, 0.3) is 0 Å². The molecule has 0 spiro atoms. The number of carboxylic acid groups (broad SMARTS) is 1. The summed E-state index contributed by atoms with van der Waals surface area (Å²) >= 11 is 0. The van der Waals surface area contributed by atoms with E-state index in [9.17, 15) is 4.79 Å². The standard InChI is InChI=1S/C16H26N2O2/c1-4-7-9-14(8-5-2)18-15-11-12(16(19)20)10-13(6-3)17-15/h10-11,14H,4-9H2,1-3H3,(H,17,18)(H,19,20). The number of carbonyl (C=O) groups is 1. The Balaban J connectivity index is 2.87. The van der Waals surface area contributed by atoms with Gasteiger partial charge in [-0.1, -0.05) is 40.0 Å². The van der Waals surface area contributed by atoms with Crippen LogP contribution in [0.2, 0.25) is 0 Å². The van der Waals surface area contributed by atoms with E-state index < -0.39 is 5.97 Å². The van der Waals surface area contributed by atoms with Gasteiger partial charge in [-0.05, 0) is 31.4 Å². The van der Waals surface area contributed by atoms with Crippen molar-refractivity contribution in [3.8, 4) is 0 Å². The molecule has 1 heterocycles. The summed E-state index contributed by atoms with van der Waals surface area (Å²) < 4.78 is 0. The van der Waals surface area contributed by atoms with Crippen LogP contribution in [0.15, 0.2) is 12.1 Å². The van der Waals surface area contributed by atoms with Gasteiger partial charge < -0.3 is 10.4 Å². The molecule has 2 N–H and O–H groups in total. The van der Waals surface area contributed by atoms with Gasteiger partial charge >= 0.3 is 5.97 Å². The number of aryl methyl sites for hydroxylation is 1. The molecule has 112 valence electrons. The van der Waals surface area contributed by atoms with E-state index in [1.807, 2.05) is 6.92 Å². The SMILES string of the molecule is CCCCC(CCC)Nc1cc(C(=O)O)cc(CC)n1. The van der Waals surface area contributed by atoms with Crippen molar-refractivity contribution < 1.29 is 9.90 Å². The molecular formula is C16H26N2O2. The normalized spacial score (nSPS) is 12.2. The molecule has 1 aromatic rings. The summed E-state index contributed by atoms with van der Waals surface area (Å²) in [6.07, 6.45) is 6.39. The predicted molar refractivity (Wildman–Crippen MR) is 82.4 cm³/mol. The van der Waals surface area contributed by atoms with E-state index in [0.717, 1.165) is 31.4 Å². The zero-order valence-electron chi connectivity index (χ0n) is 12.8. The van der Waals surface area contributed by atoms with Gasteiger partial charge in [0.1, 0.15) is 5.82 Å². The van der Waals surface area contributed by atoms with Crippen molar-refractivity contribution in [2.75, 3.05) is 5.32 Å². The number of anilines is 1. The Morgan fingerprint density at radius 1 is 1.25 bits per heavy atom. The van der Waals surface area contributed by atoms with Crippen LogP contribution < -0.4 is 5.32 Å². The number of unbranched alkanes of at least 4 members (excludes halogenated alkanes) is 1. The van der Waals surface area contributed by atoms with E-state index in [4.69, 9.17) is 5.11 Å². The van der Waals surface area contributed by atoms with Crippen LogP contribution in [0.1, 0.15) is 68.9 Å². The van der Waals surface area contributed by atoms with Crippen molar-refractivity contribution in [2.45, 2.75) is 65.3 Å². The summed E-state index contributed by atoms with van der Waals surface area (Å²) in [6, 6.07) is 3.66. The van der Waals surface area contributed by atoms with Gasteiger partial charge in [0.15, 0.2) is 0 Å². The Hall–Kier alpha value is -1.58. The molecule has 0 radical (unpaired) electrons. The maximum absolute atomic E-state index is 11.1. The van der Waals surface area contributed by atoms with Crippen molar-refractivity contribution in [1.29, 1.82) is 0 Å². The molecule has 0 amide bonds. The molecule has 0 aliphatic carbocycles. The zero-order valence-corrected chi connectivity index (χ0v) is 12.8. The van der Waals surface area contributed by atoms with E-state index in [2.05, 4.69) is 24.1 Å². The van der Waals surface area contributed by atoms with Crippen molar-refractivity contribution in [2.24, 2.45) is 0 Å². The number of aromatic carboxylic acids is 1. The maximum Gasteiger partial charge on any atom is 0.335 e. The molecule has 0 fully saturated rings. The van der Waals surface area contributed by atoms with Gasteiger partial charge in [0.05, 0.1) is 5.56 Å². The smallest absolute Gasteiger partial charge is 0.335 e. The van der Waals surface area contributed by atoms with Gasteiger partial charge in [0, 0.05) is 11.7 Å². The average molecular weight is 278 g/mol. The predicted octanol–water partition coefficient (Wildman–Crippen LogP) is 4.11. The second kappa shape index (κ2) is 8.56. The van der Waals surface area contributed by atoms with Crippen LogP contribution in [0.5, 0.6) is 0 Å². The molecule has 0 saturated heterocycles. The lowest BCUT2D eigenvalue weighted by molar-refractivity contribution is 0.0696. The first-order chi connectivity index (χ1) is 9.60. The molecular weight excluding hydrogens is 252 g/mol. The van der Waals surface area contributed by atoms with Crippen LogP contribution in [-0.2, 0) is 6.42 Å². The first-order valence-corrected chi connectivity index (χ1v) is 7.61. The maximum atomic E-state index is 11.1. The Kier molecular flexibility index (Phi) is 7.05. The molecule has 1 aromatic heterocycles. The number of nitrogens with one attached hydrogen (secondary N) is 1. The van der Waals surface area contributed by atoms with Crippen LogP contribution >= 0.6 is 0 Å². The minimum atomic E-state index is -0.897. The van der Waals surface area contributed by atoms with Crippen molar-refractivity contribution >= 4 is 11.8 Å². The number of hydrogen-bond donors (Lipinski definition) is 2. The van der Waals surface area contributed by atoms with Crippen molar-refractivity contribution in [3.63, 3.8) is 0 Å². The Bertz CT molecular complexity index is 432. The summed E-state index contributed by atoms with van der Waals surface area (Å²) in [4.78, 5) is 15.6. The minimum absolute atomic E-state index is 0.310. The summed E-state index contributed by atoms with van der Waals surface area (Å²) in [7, 11) is 0. The second-order valence-corrected chi connectivity index (χ2v) is 5.16. The van der Waals surface area contributed by atoms with E-state index in [1.54, 1.807) is 12.1 Å². The molecule has 0 aliphatic heterocycles. The molecule has 1 unspecified atom stereocenters. The molecule has 20 heavy (non-hydrogen) atoms. The molecule has 0 bridgehead atoms. The third-order valence-corrected chi connectivity index (χ3v) is 3.38. The topological polar surface area (TPSA) is 62.2 Å². The number of carboxylic acids is 1. The van der Waals surface area contributed by atoms with Gasteiger partial charge in [-0.2, -0.15) is 0 Å². The summed E-state index contributed by atoms with van der Waals surface area (Å²) in [5, 5.41) is 12.6. The monoisotopic (exact) mass is 278 g/mol. The lowest BCUT2D eigenvalue weighted by Gasteiger charge is -2.19. The lowest BCUT2D eigenvalue weighted by atomic mass is 10.0. The van der Waals surface area contributed by atoms with Crippen molar-refractivity contribution in [3.05, 3.63) is 23.4 Å². The van der Waals surface area contributed by atoms with E-state index >= 15 is 0 Å². The first kappa shape index (κ1) is 16.5. The Morgan fingerprint density at radius 3 is 2.55 bits per heavy atom. The molecule has 0 aromatic carbocycles. The quantitative estimate of drug-likeness (QED) is 0.713. The fraction of sp³-hybridized carbons (Fsp3) is 0.625. The van der Waals surface area contributed by atoms with Crippen LogP contribution in [0.3, 0.4) is 0 Å². The lowest BCUT2D eigenvalue weighted by Crippen LogP contribution is -2.20. The number of hydrogen-bond acceptors (Lipinski definition) is 3. The molecule has 0 saturated carbocycles. The van der Waals surface area contributed by atoms with Gasteiger partial charge in [-0.3, -0.25) is 0 Å². The van der Waals surface area contributed by atoms with Gasteiger partial charge in [0.2, 0.25) is 0 Å². The van der Waals surface area contributed by atoms with Crippen molar-refractivity contribution in [1.82, 2.24) is 4.98 Å². The summed E-state index contributed by atoms with van der Waals surface area (Å²) in [6.45, 7) is 6.33. The highest BCUT2D eigenvalue weighted by Gasteiger charge is 2.11. The second-order valence-electron chi connectivity index (χ2n) is 5.16. The molecule has 4 nitrogen and oxygen atoms in total. The highest BCUT2D eigenvalue weighted by atomic mass is 16.4. The largest absolute Gasteiger partial charge is 0.478 e. The van der Waals surface area contributed by atoms with Gasteiger partial charge in [-0.25, -0.2) is 9.78 Å². The third-order valence-electron chi connectivity index (χ3n) is 3.38. The molecule has 1 atom stereocenters. The first-order valence-electron chi connectivity index (χ1n) is 7.61. The van der Waals surface area contributed by atoms with E-state index in [1.165, 1.54) is 12.8 Å². The zero-order chi connectivity index (χ0) is 15.0. The summed E-state index contributed by atoms with van der Waals surface area (Å²) in [5.41, 5.74) is 1.13. The number of pyridine rings is 1.